The molecule has 0 saturated carbocycles. The Balaban J connectivity index is 1.78. The maximum Gasteiger partial charge on any atom is 0.336 e. The molecule has 1 aromatic carbocycles. The Kier molecular flexibility index (Phi) is 3.63. The Morgan fingerprint density at radius 2 is 2.14 bits per heavy atom. The number of rotatable bonds is 5. The lowest BCUT2D eigenvalue weighted by Crippen LogP contribution is -2.08. The highest BCUT2D eigenvalue weighted by Crippen LogP contribution is 2.20. The average molecular weight is 286 g/mol. The van der Waals surface area contributed by atoms with Crippen LogP contribution in [0.4, 0.5) is 0 Å². The minimum absolute atomic E-state index is 0.259. The first-order valence-corrected chi connectivity index (χ1v) is 6.68. The lowest BCUT2D eigenvalue weighted by molar-refractivity contribution is 0.286. The van der Waals surface area contributed by atoms with Crippen molar-refractivity contribution < 1.29 is 9.15 Å². The monoisotopic (exact) mass is 286 g/mol. The molecule has 7 heteroatoms. The van der Waals surface area contributed by atoms with Gasteiger partial charge in [0.25, 0.3) is 0 Å². The third kappa shape index (κ3) is 2.91. The molecule has 7 nitrogen and oxygen atoms in total. The standard InChI is InChI=1S/C14H14N4O3/c1-2-7-18-13(15-16-17-18)9-20-11-5-3-10-4-6-14(19)21-12(10)8-11/h3-6,8H,2,7,9H2,1H3. The van der Waals surface area contributed by atoms with Gasteiger partial charge >= 0.3 is 5.63 Å². The van der Waals surface area contributed by atoms with Crippen LogP contribution in [0.15, 0.2) is 39.5 Å². The Labute approximate surface area is 120 Å². The largest absolute Gasteiger partial charge is 0.485 e. The molecule has 0 amide bonds. The summed E-state index contributed by atoms with van der Waals surface area (Å²) in [5.41, 5.74) is 0.111. The summed E-state index contributed by atoms with van der Waals surface area (Å²) in [6, 6.07) is 8.44. The van der Waals surface area contributed by atoms with Gasteiger partial charge in [-0.15, -0.1) is 5.10 Å². The molecule has 0 atom stereocenters. The molecule has 0 aliphatic carbocycles. The first-order chi connectivity index (χ1) is 10.3. The van der Waals surface area contributed by atoms with Crippen LogP contribution < -0.4 is 10.4 Å². The lowest BCUT2D eigenvalue weighted by Gasteiger charge is -2.06. The van der Waals surface area contributed by atoms with Crippen molar-refractivity contribution >= 4 is 11.0 Å². The lowest BCUT2D eigenvalue weighted by atomic mass is 10.2. The summed E-state index contributed by atoms with van der Waals surface area (Å²) in [4.78, 5) is 11.2. The highest BCUT2D eigenvalue weighted by molar-refractivity contribution is 5.77. The minimum Gasteiger partial charge on any atom is -0.485 e. The van der Waals surface area contributed by atoms with Crippen LogP contribution in [0.3, 0.4) is 0 Å². The first-order valence-electron chi connectivity index (χ1n) is 6.68. The van der Waals surface area contributed by atoms with Crippen molar-refractivity contribution in [1.29, 1.82) is 0 Å². The van der Waals surface area contributed by atoms with E-state index in [4.69, 9.17) is 9.15 Å². The molecule has 0 bridgehead atoms. The number of aryl methyl sites for hydroxylation is 1. The summed E-state index contributed by atoms with van der Waals surface area (Å²) < 4.78 is 12.5. The van der Waals surface area contributed by atoms with E-state index < -0.39 is 0 Å². The third-order valence-electron chi connectivity index (χ3n) is 3.00. The number of tetrazole rings is 1. The quantitative estimate of drug-likeness (QED) is 0.665. The number of aromatic nitrogens is 4. The van der Waals surface area contributed by atoms with Crippen molar-refractivity contribution in [3.63, 3.8) is 0 Å². The summed E-state index contributed by atoms with van der Waals surface area (Å²) in [6.45, 7) is 3.06. The van der Waals surface area contributed by atoms with Gasteiger partial charge in [-0.2, -0.15) is 0 Å². The van der Waals surface area contributed by atoms with Gasteiger partial charge in [-0.05, 0) is 35.0 Å². The van der Waals surface area contributed by atoms with Gasteiger partial charge in [0.2, 0.25) is 0 Å². The van der Waals surface area contributed by atoms with Crippen LogP contribution >= 0.6 is 0 Å². The highest BCUT2D eigenvalue weighted by atomic mass is 16.5. The molecular formula is C14H14N4O3. The zero-order chi connectivity index (χ0) is 14.7. The topological polar surface area (TPSA) is 83.0 Å². The van der Waals surface area contributed by atoms with Crippen molar-refractivity contribution in [2.75, 3.05) is 0 Å². The number of nitrogens with zero attached hydrogens (tertiary/aromatic N) is 4. The van der Waals surface area contributed by atoms with Crippen molar-refractivity contribution in [3.8, 4) is 5.75 Å². The van der Waals surface area contributed by atoms with E-state index in [-0.39, 0.29) is 12.2 Å². The molecular weight excluding hydrogens is 272 g/mol. The molecule has 0 aliphatic heterocycles. The molecule has 21 heavy (non-hydrogen) atoms. The second-order valence-electron chi connectivity index (χ2n) is 4.56. The highest BCUT2D eigenvalue weighted by Gasteiger charge is 2.07. The Bertz CT molecular complexity index is 809. The number of benzene rings is 1. The predicted octanol–water partition coefficient (Wildman–Crippen LogP) is 1.77. The second-order valence-corrected chi connectivity index (χ2v) is 4.56. The molecule has 108 valence electrons. The maximum absolute atomic E-state index is 11.2. The van der Waals surface area contributed by atoms with Crippen molar-refractivity contribution in [1.82, 2.24) is 20.2 Å². The molecule has 0 unspecified atom stereocenters. The fraction of sp³-hybridized carbons (Fsp3) is 0.286. The van der Waals surface area contributed by atoms with Crippen molar-refractivity contribution in [2.24, 2.45) is 0 Å². The molecule has 2 aromatic heterocycles. The van der Waals surface area contributed by atoms with Gasteiger partial charge in [0, 0.05) is 24.1 Å². The molecule has 0 spiro atoms. The van der Waals surface area contributed by atoms with Crippen LogP contribution in [0.2, 0.25) is 0 Å². The smallest absolute Gasteiger partial charge is 0.336 e. The van der Waals surface area contributed by atoms with Crippen LogP contribution in [0, 0.1) is 0 Å². The van der Waals surface area contributed by atoms with E-state index >= 15 is 0 Å². The fourth-order valence-electron chi connectivity index (χ4n) is 1.99. The molecule has 3 rings (SSSR count). The van der Waals surface area contributed by atoms with Crippen LogP contribution in [0.1, 0.15) is 19.2 Å². The summed E-state index contributed by atoms with van der Waals surface area (Å²) in [7, 11) is 0. The molecule has 0 aliphatic rings. The van der Waals surface area contributed by atoms with Crippen LogP contribution in [-0.2, 0) is 13.2 Å². The second kappa shape index (κ2) is 5.74. The molecule has 0 radical (unpaired) electrons. The van der Waals surface area contributed by atoms with Gasteiger partial charge in [0.15, 0.2) is 5.82 Å². The van der Waals surface area contributed by atoms with Crippen molar-refractivity contribution in [3.05, 3.63) is 46.6 Å². The number of ether oxygens (including phenoxy) is 1. The van der Waals surface area contributed by atoms with E-state index in [9.17, 15) is 4.79 Å². The Hall–Kier alpha value is -2.70. The molecule has 0 N–H and O–H groups in total. The Morgan fingerprint density at radius 3 is 3.00 bits per heavy atom. The maximum atomic E-state index is 11.2. The van der Waals surface area contributed by atoms with Crippen LogP contribution in [0.5, 0.6) is 5.75 Å². The van der Waals surface area contributed by atoms with Gasteiger partial charge in [0.05, 0.1) is 0 Å². The first kappa shape index (κ1) is 13.3. The average Bonchev–Trinajstić information content (AvgIpc) is 2.92. The van der Waals surface area contributed by atoms with Gasteiger partial charge in [-0.3, -0.25) is 0 Å². The van der Waals surface area contributed by atoms with Crippen LogP contribution in [-0.4, -0.2) is 20.2 Å². The predicted molar refractivity (Wildman–Crippen MR) is 74.9 cm³/mol. The summed E-state index contributed by atoms with van der Waals surface area (Å²) in [6.07, 6.45) is 0.944. The zero-order valence-electron chi connectivity index (χ0n) is 11.5. The Morgan fingerprint density at radius 1 is 1.29 bits per heavy atom. The summed E-state index contributed by atoms with van der Waals surface area (Å²) in [5, 5.41) is 12.3. The van der Waals surface area contributed by atoms with Gasteiger partial charge < -0.3 is 9.15 Å². The van der Waals surface area contributed by atoms with Crippen LogP contribution in [0.25, 0.3) is 11.0 Å². The number of fused-ring (bicyclic) bond motifs is 1. The number of hydrogen-bond donors (Lipinski definition) is 0. The van der Waals surface area contributed by atoms with E-state index in [2.05, 4.69) is 22.4 Å². The number of hydrogen-bond acceptors (Lipinski definition) is 6. The van der Waals surface area contributed by atoms with E-state index in [1.807, 2.05) is 12.1 Å². The minimum atomic E-state index is -0.383. The van der Waals surface area contributed by atoms with E-state index in [1.165, 1.54) is 6.07 Å². The van der Waals surface area contributed by atoms with Gasteiger partial charge in [-0.25, -0.2) is 9.48 Å². The van der Waals surface area contributed by atoms with E-state index in [0.29, 0.717) is 17.2 Å². The molecule has 0 saturated heterocycles. The molecule has 2 heterocycles. The van der Waals surface area contributed by atoms with Gasteiger partial charge in [0.1, 0.15) is 17.9 Å². The normalized spacial score (nSPS) is 10.9. The fourth-order valence-corrected chi connectivity index (χ4v) is 1.99. The third-order valence-corrected chi connectivity index (χ3v) is 3.00. The summed E-state index contributed by atoms with van der Waals surface area (Å²) >= 11 is 0. The summed E-state index contributed by atoms with van der Waals surface area (Å²) in [5.74, 6) is 1.26. The SMILES string of the molecule is CCCn1nnnc1COc1ccc2ccc(=O)oc2c1. The molecule has 0 fully saturated rings. The molecule has 3 aromatic rings. The van der Waals surface area contributed by atoms with Gasteiger partial charge in [-0.1, -0.05) is 6.92 Å². The zero-order valence-corrected chi connectivity index (χ0v) is 11.5. The van der Waals surface area contributed by atoms with E-state index in [0.717, 1.165) is 18.4 Å². The van der Waals surface area contributed by atoms with Crippen molar-refractivity contribution in [2.45, 2.75) is 26.5 Å². The van der Waals surface area contributed by atoms with E-state index in [1.54, 1.807) is 16.8 Å².